The van der Waals surface area contributed by atoms with Gasteiger partial charge in [-0.1, -0.05) is 11.3 Å². The maximum absolute atomic E-state index is 13.5. The minimum Gasteiger partial charge on any atom is -0.396 e. The largest absolute Gasteiger partial charge is 0.396 e. The van der Waals surface area contributed by atoms with E-state index in [4.69, 9.17) is 9.97 Å². The Morgan fingerprint density at radius 1 is 1.24 bits per heavy atom. The van der Waals surface area contributed by atoms with Crippen LogP contribution in [0.3, 0.4) is 0 Å². The van der Waals surface area contributed by atoms with E-state index in [1.165, 1.54) is 23.5 Å². The van der Waals surface area contributed by atoms with Gasteiger partial charge in [-0.3, -0.25) is 20.0 Å². The van der Waals surface area contributed by atoms with Crippen LogP contribution in [-0.2, 0) is 11.2 Å². The van der Waals surface area contributed by atoms with Crippen molar-refractivity contribution < 1.29 is 19.4 Å². The van der Waals surface area contributed by atoms with Crippen LogP contribution >= 0.6 is 23.1 Å². The average molecular weight is 614 g/mol. The van der Waals surface area contributed by atoms with Gasteiger partial charge in [0, 0.05) is 57.9 Å². The van der Waals surface area contributed by atoms with Crippen LogP contribution in [-0.4, -0.2) is 117 Å². The highest BCUT2D eigenvalue weighted by Gasteiger charge is 2.38. The van der Waals surface area contributed by atoms with Gasteiger partial charge in [-0.15, -0.1) is 0 Å². The number of rotatable bonds is 9. The van der Waals surface area contributed by atoms with Crippen molar-refractivity contribution in [3.8, 4) is 17.3 Å². The number of anilines is 2. The number of thioether (sulfide) groups is 1. The molecule has 0 bridgehead atoms. The summed E-state index contributed by atoms with van der Waals surface area (Å²) in [6.07, 6.45) is 0.880. The van der Waals surface area contributed by atoms with Gasteiger partial charge in [-0.05, 0) is 49.5 Å². The number of aliphatic hydroxyl groups is 2. The summed E-state index contributed by atoms with van der Waals surface area (Å²) >= 11 is 2.84. The van der Waals surface area contributed by atoms with Gasteiger partial charge in [0.1, 0.15) is 28.0 Å². The molecule has 2 saturated heterocycles. The monoisotopic (exact) mass is 613 g/mol. The summed E-state index contributed by atoms with van der Waals surface area (Å²) in [7, 11) is 3.83. The highest BCUT2D eigenvalue weighted by atomic mass is 32.2. The van der Waals surface area contributed by atoms with Crippen LogP contribution in [0.1, 0.15) is 17.0 Å². The number of carbonyl (C=O) groups is 1. The van der Waals surface area contributed by atoms with E-state index in [0.717, 1.165) is 30.5 Å². The quantitative estimate of drug-likeness (QED) is 0.324. The fraction of sp³-hybridized carbons (Fsp3) is 0.481. The van der Waals surface area contributed by atoms with E-state index >= 15 is 0 Å². The lowest BCUT2D eigenvalue weighted by molar-refractivity contribution is -0.142. The molecule has 2 unspecified atom stereocenters. The lowest BCUT2D eigenvalue weighted by Gasteiger charge is -2.37. The van der Waals surface area contributed by atoms with E-state index in [1.54, 1.807) is 28.8 Å². The minimum absolute atomic E-state index is 0.0446. The zero-order valence-electron chi connectivity index (χ0n) is 23.3. The molecule has 2 fully saturated rings. The molecule has 3 aromatic rings. The Balaban J connectivity index is 1.17. The summed E-state index contributed by atoms with van der Waals surface area (Å²) in [6, 6.07) is 8.35. The highest BCUT2D eigenvalue weighted by molar-refractivity contribution is 8.00. The molecule has 3 aliphatic rings. The molecule has 0 aliphatic carbocycles. The van der Waals surface area contributed by atoms with Crippen molar-refractivity contribution in [3.63, 3.8) is 0 Å². The number of nitrogens with one attached hydrogen (secondary N) is 1. The van der Waals surface area contributed by atoms with Gasteiger partial charge in [-0.2, -0.15) is 5.26 Å². The topological polar surface area (TPSA) is 137 Å². The molecule has 1 amide bonds. The lowest BCUT2D eigenvalue weighted by Crippen LogP contribution is -2.56. The number of amides is 1. The number of aliphatic hydroxyl groups excluding tert-OH is 2. The summed E-state index contributed by atoms with van der Waals surface area (Å²) in [5.74, 6) is 0.416. The number of nitrogens with zero attached hydrogens (tertiary/aromatic N) is 8. The van der Waals surface area contributed by atoms with Crippen LogP contribution in [0.4, 0.5) is 15.3 Å². The molecule has 1 aromatic carbocycles. The van der Waals surface area contributed by atoms with Gasteiger partial charge in [0.15, 0.2) is 16.1 Å². The van der Waals surface area contributed by atoms with Crippen LogP contribution in [0.25, 0.3) is 11.3 Å². The Morgan fingerprint density at radius 2 is 2.00 bits per heavy atom. The molecule has 2 atom stereocenters. The number of fused-ring (bicyclic) bond motifs is 1. The number of likely N-dealkylation sites (tertiary alicyclic amines) is 2. The first-order valence-electron chi connectivity index (χ1n) is 13.7. The van der Waals surface area contributed by atoms with Gasteiger partial charge < -0.3 is 20.0 Å². The molecule has 6 rings (SSSR count). The van der Waals surface area contributed by atoms with Crippen LogP contribution in [0.15, 0.2) is 29.4 Å². The van der Waals surface area contributed by atoms with Crippen LogP contribution in [0, 0.1) is 17.1 Å². The van der Waals surface area contributed by atoms with Crippen molar-refractivity contribution >= 4 is 40.0 Å². The first-order valence-corrected chi connectivity index (χ1v) is 15.4. The maximum Gasteiger partial charge on any atom is 0.236 e. The number of thiazole rings is 1. The zero-order chi connectivity index (χ0) is 29.5. The number of nitriles is 1. The van der Waals surface area contributed by atoms with Crippen molar-refractivity contribution in [1.82, 2.24) is 29.3 Å². The van der Waals surface area contributed by atoms with Crippen LogP contribution in [0.5, 0.6) is 0 Å². The van der Waals surface area contributed by atoms with Gasteiger partial charge in [0.25, 0.3) is 0 Å². The SMILES string of the molecule is CN(c1nc(-c2ccc(F)cc2)c(C#N)s1)c1c(CCO)nc2n1NC(N1CCC(N(C)CC(=O)N3CC(O)C3)C1)S2. The third-order valence-electron chi connectivity index (χ3n) is 7.89. The Bertz CT molecular complexity index is 1500. The number of hydrogen-bond donors (Lipinski definition) is 3. The molecule has 222 valence electrons. The van der Waals surface area contributed by atoms with Gasteiger partial charge in [0.05, 0.1) is 18.3 Å². The minimum atomic E-state index is -0.402. The molecule has 42 heavy (non-hydrogen) atoms. The van der Waals surface area contributed by atoms with Crippen molar-refractivity contribution in [1.29, 1.82) is 5.26 Å². The first-order chi connectivity index (χ1) is 20.2. The molecule has 0 saturated carbocycles. The Morgan fingerprint density at radius 3 is 2.69 bits per heavy atom. The number of imidazole rings is 1. The number of halogens is 1. The molecule has 5 heterocycles. The Hall–Kier alpha value is -3.26. The summed E-state index contributed by atoms with van der Waals surface area (Å²) in [5, 5.41) is 30.4. The third-order valence-corrected chi connectivity index (χ3v) is 10.0. The summed E-state index contributed by atoms with van der Waals surface area (Å²) < 4.78 is 15.4. The second-order valence-electron chi connectivity index (χ2n) is 10.7. The molecular formula is C27H32FN9O3S2. The van der Waals surface area contributed by atoms with E-state index in [9.17, 15) is 24.7 Å². The second kappa shape index (κ2) is 11.8. The summed E-state index contributed by atoms with van der Waals surface area (Å²) in [6.45, 7) is 2.74. The summed E-state index contributed by atoms with van der Waals surface area (Å²) in [5.41, 5.74) is 5.35. The average Bonchev–Trinajstić information content (AvgIpc) is 3.74. The lowest BCUT2D eigenvalue weighted by atomic mass is 10.1. The molecule has 15 heteroatoms. The normalized spacial score (nSPS) is 20.5. The van der Waals surface area contributed by atoms with E-state index in [1.807, 2.05) is 23.7 Å². The molecule has 3 N–H and O–H groups in total. The first kappa shape index (κ1) is 28.8. The van der Waals surface area contributed by atoms with E-state index in [0.29, 0.717) is 53.0 Å². The second-order valence-corrected chi connectivity index (χ2v) is 12.8. The smallest absolute Gasteiger partial charge is 0.236 e. The molecule has 3 aliphatic heterocycles. The summed E-state index contributed by atoms with van der Waals surface area (Å²) in [4.78, 5) is 30.5. The molecular weight excluding hydrogens is 581 g/mol. The van der Waals surface area contributed by atoms with Gasteiger partial charge in [0.2, 0.25) is 5.91 Å². The van der Waals surface area contributed by atoms with Crippen molar-refractivity contribution in [2.45, 2.75) is 35.6 Å². The van der Waals surface area contributed by atoms with Crippen molar-refractivity contribution in [3.05, 3.63) is 40.7 Å². The predicted molar refractivity (Wildman–Crippen MR) is 158 cm³/mol. The molecule has 0 spiro atoms. The number of β-amino-alcohol motifs (C(OH)–C–C–N with tert-alkyl or cyclic N) is 1. The van der Waals surface area contributed by atoms with Gasteiger partial charge >= 0.3 is 0 Å². The third kappa shape index (κ3) is 5.46. The number of benzene rings is 1. The predicted octanol–water partition coefficient (Wildman–Crippen LogP) is 1.46. The Labute approximate surface area is 250 Å². The Kier molecular flexibility index (Phi) is 8.09. The molecule has 0 radical (unpaired) electrons. The van der Waals surface area contributed by atoms with E-state index < -0.39 is 6.10 Å². The van der Waals surface area contributed by atoms with E-state index in [-0.39, 0.29) is 29.9 Å². The highest BCUT2D eigenvalue weighted by Crippen LogP contribution is 2.41. The maximum atomic E-state index is 13.5. The zero-order valence-corrected chi connectivity index (χ0v) is 24.9. The fourth-order valence-corrected chi connectivity index (χ4v) is 7.46. The number of hydrogen-bond acceptors (Lipinski definition) is 12. The number of likely N-dealkylation sites (N-methyl/N-ethyl adjacent to an activating group) is 1. The van der Waals surface area contributed by atoms with Crippen LogP contribution < -0.4 is 10.3 Å². The van der Waals surface area contributed by atoms with Crippen molar-refractivity contribution in [2.24, 2.45) is 0 Å². The standard InChI is InChI=1S/C27H32FN9O3S2/c1-33(15-22(40)36-13-19(39)14-36)18-7-9-35(12-18)27-32-37-24(20(8-10-38)30-26(37)42-27)34(2)25-31-23(21(11-29)41-25)16-3-5-17(28)6-4-16/h3-6,18-19,27,32,38-39H,7-10,12-15H2,1-2H3. The van der Waals surface area contributed by atoms with Crippen molar-refractivity contribution in [2.75, 3.05) is 63.8 Å². The van der Waals surface area contributed by atoms with Gasteiger partial charge in [-0.25, -0.2) is 19.0 Å². The molecule has 2 aromatic heterocycles. The molecule has 12 nitrogen and oxygen atoms in total. The van der Waals surface area contributed by atoms with Crippen LogP contribution in [0.2, 0.25) is 0 Å². The number of aromatic nitrogens is 3. The van der Waals surface area contributed by atoms with E-state index in [2.05, 4.69) is 21.3 Å². The fourth-order valence-electron chi connectivity index (χ4n) is 5.50. The number of carbonyl (C=O) groups excluding carboxylic acids is 1.